The van der Waals surface area contributed by atoms with Gasteiger partial charge in [-0.3, -0.25) is 9.59 Å². The Hall–Kier alpha value is -2.82. The first-order chi connectivity index (χ1) is 10.1. The molecule has 2 aromatic rings. The van der Waals surface area contributed by atoms with Gasteiger partial charge in [0.1, 0.15) is 0 Å². The van der Waals surface area contributed by atoms with Crippen molar-refractivity contribution >= 4 is 28.9 Å². The Balaban J connectivity index is 1.82. The average Bonchev–Trinajstić information content (AvgIpc) is 2.47. The van der Waals surface area contributed by atoms with Gasteiger partial charge in [-0.2, -0.15) is 0 Å². The molecule has 0 saturated heterocycles. The predicted octanol–water partition coefficient (Wildman–Crippen LogP) is 2.70. The monoisotopic (exact) mass is 283 g/mol. The zero-order valence-corrected chi connectivity index (χ0v) is 11.7. The van der Waals surface area contributed by atoms with Gasteiger partial charge in [-0.25, -0.2) is 0 Å². The Bertz CT molecular complexity index is 609. The zero-order valence-electron chi connectivity index (χ0n) is 11.7. The van der Waals surface area contributed by atoms with Gasteiger partial charge >= 0.3 is 0 Å². The minimum Gasteiger partial charge on any atom is -0.376 e. The highest BCUT2D eigenvalue weighted by molar-refractivity contribution is 5.93. The maximum absolute atomic E-state index is 11.8. The largest absolute Gasteiger partial charge is 0.376 e. The SMILES string of the molecule is CC(=O)Nc1ccc(NCC(=O)Nc2ccccc2)cc1. The van der Waals surface area contributed by atoms with Crippen LogP contribution in [0.5, 0.6) is 0 Å². The molecule has 108 valence electrons. The molecule has 0 bridgehead atoms. The Kier molecular flexibility index (Phi) is 4.93. The fourth-order valence-electron chi connectivity index (χ4n) is 1.78. The van der Waals surface area contributed by atoms with Crippen LogP contribution < -0.4 is 16.0 Å². The smallest absolute Gasteiger partial charge is 0.243 e. The summed E-state index contributed by atoms with van der Waals surface area (Å²) in [6, 6.07) is 16.5. The molecular weight excluding hydrogens is 266 g/mol. The molecule has 0 aliphatic heterocycles. The number of hydrogen-bond donors (Lipinski definition) is 3. The third-order valence-corrected chi connectivity index (χ3v) is 2.72. The molecule has 0 aliphatic rings. The summed E-state index contributed by atoms with van der Waals surface area (Å²) < 4.78 is 0. The van der Waals surface area contributed by atoms with Gasteiger partial charge in [0, 0.05) is 24.0 Å². The lowest BCUT2D eigenvalue weighted by Gasteiger charge is -2.08. The second-order valence-corrected chi connectivity index (χ2v) is 4.53. The maximum atomic E-state index is 11.8. The fraction of sp³-hybridized carbons (Fsp3) is 0.125. The zero-order chi connectivity index (χ0) is 15.1. The summed E-state index contributed by atoms with van der Waals surface area (Å²) in [4.78, 5) is 22.7. The van der Waals surface area contributed by atoms with E-state index in [1.807, 2.05) is 30.3 Å². The lowest BCUT2D eigenvalue weighted by Crippen LogP contribution is -2.21. The Morgan fingerprint density at radius 2 is 1.38 bits per heavy atom. The molecule has 2 aromatic carbocycles. The van der Waals surface area contributed by atoms with Crippen molar-refractivity contribution in [1.82, 2.24) is 0 Å². The van der Waals surface area contributed by atoms with Crippen LogP contribution in [0.1, 0.15) is 6.92 Å². The molecule has 0 spiro atoms. The van der Waals surface area contributed by atoms with Crippen LogP contribution in [0.3, 0.4) is 0 Å². The molecule has 5 nitrogen and oxygen atoms in total. The van der Waals surface area contributed by atoms with E-state index in [2.05, 4.69) is 16.0 Å². The third-order valence-electron chi connectivity index (χ3n) is 2.72. The number of rotatable bonds is 5. The molecule has 0 saturated carbocycles. The number of amides is 2. The van der Waals surface area contributed by atoms with Crippen LogP contribution in [0.15, 0.2) is 54.6 Å². The van der Waals surface area contributed by atoms with Gasteiger partial charge in [0.2, 0.25) is 11.8 Å². The van der Waals surface area contributed by atoms with Crippen molar-refractivity contribution in [3.8, 4) is 0 Å². The summed E-state index contributed by atoms with van der Waals surface area (Å²) in [7, 11) is 0. The van der Waals surface area contributed by atoms with E-state index in [1.165, 1.54) is 6.92 Å². The fourth-order valence-corrected chi connectivity index (χ4v) is 1.78. The summed E-state index contributed by atoms with van der Waals surface area (Å²) in [5.74, 6) is -0.231. The average molecular weight is 283 g/mol. The third kappa shape index (κ3) is 4.99. The first-order valence-corrected chi connectivity index (χ1v) is 6.60. The summed E-state index contributed by atoms with van der Waals surface area (Å²) >= 11 is 0. The molecule has 0 heterocycles. The van der Waals surface area contributed by atoms with Gasteiger partial charge in [-0.15, -0.1) is 0 Å². The van der Waals surface area contributed by atoms with E-state index < -0.39 is 0 Å². The molecule has 0 unspecified atom stereocenters. The highest BCUT2D eigenvalue weighted by atomic mass is 16.2. The summed E-state index contributed by atoms with van der Waals surface area (Å²) in [5.41, 5.74) is 2.31. The second kappa shape index (κ2) is 7.09. The van der Waals surface area contributed by atoms with E-state index in [4.69, 9.17) is 0 Å². The minimum absolute atomic E-state index is 0.113. The van der Waals surface area contributed by atoms with E-state index in [-0.39, 0.29) is 18.4 Å². The standard InChI is InChI=1S/C16H17N3O2/c1-12(20)18-15-9-7-13(8-10-15)17-11-16(21)19-14-5-3-2-4-6-14/h2-10,17H,11H2,1H3,(H,18,20)(H,19,21). The summed E-state index contributed by atoms with van der Waals surface area (Å²) in [6.07, 6.45) is 0. The minimum atomic E-state index is -0.118. The van der Waals surface area contributed by atoms with E-state index in [9.17, 15) is 9.59 Å². The highest BCUT2D eigenvalue weighted by Gasteiger charge is 2.02. The van der Waals surface area contributed by atoms with Crippen molar-refractivity contribution in [2.75, 3.05) is 22.5 Å². The van der Waals surface area contributed by atoms with Crippen molar-refractivity contribution in [3.63, 3.8) is 0 Å². The molecule has 0 aromatic heterocycles. The van der Waals surface area contributed by atoms with Crippen LogP contribution in [-0.2, 0) is 9.59 Å². The molecule has 0 radical (unpaired) electrons. The number of anilines is 3. The van der Waals surface area contributed by atoms with Crippen LogP contribution in [0.2, 0.25) is 0 Å². The lowest BCUT2D eigenvalue weighted by molar-refractivity contribution is -0.115. The van der Waals surface area contributed by atoms with E-state index >= 15 is 0 Å². The van der Waals surface area contributed by atoms with Gasteiger partial charge < -0.3 is 16.0 Å². The highest BCUT2D eigenvalue weighted by Crippen LogP contribution is 2.13. The maximum Gasteiger partial charge on any atom is 0.243 e. The second-order valence-electron chi connectivity index (χ2n) is 4.53. The Morgan fingerprint density at radius 3 is 2.00 bits per heavy atom. The van der Waals surface area contributed by atoms with Gasteiger partial charge in [0.05, 0.1) is 6.54 Å². The quantitative estimate of drug-likeness (QED) is 0.790. The number of benzene rings is 2. The van der Waals surface area contributed by atoms with Gasteiger partial charge in [0.25, 0.3) is 0 Å². The van der Waals surface area contributed by atoms with Crippen LogP contribution in [0.25, 0.3) is 0 Å². The Morgan fingerprint density at radius 1 is 0.810 bits per heavy atom. The van der Waals surface area contributed by atoms with Crippen molar-refractivity contribution in [3.05, 3.63) is 54.6 Å². The molecule has 0 atom stereocenters. The Labute approximate surface area is 123 Å². The number of nitrogens with one attached hydrogen (secondary N) is 3. The van der Waals surface area contributed by atoms with Crippen molar-refractivity contribution in [2.24, 2.45) is 0 Å². The van der Waals surface area contributed by atoms with E-state index in [1.54, 1.807) is 24.3 Å². The van der Waals surface area contributed by atoms with Crippen LogP contribution in [0, 0.1) is 0 Å². The predicted molar refractivity (Wildman–Crippen MR) is 84.3 cm³/mol. The number of carbonyl (C=O) groups excluding carboxylic acids is 2. The van der Waals surface area contributed by atoms with Crippen molar-refractivity contribution < 1.29 is 9.59 Å². The molecule has 21 heavy (non-hydrogen) atoms. The summed E-state index contributed by atoms with van der Waals surface area (Å²) in [6.45, 7) is 1.63. The number of para-hydroxylation sites is 1. The van der Waals surface area contributed by atoms with Crippen molar-refractivity contribution in [2.45, 2.75) is 6.92 Å². The molecule has 2 amide bonds. The topological polar surface area (TPSA) is 70.2 Å². The summed E-state index contributed by atoms with van der Waals surface area (Å²) in [5, 5.41) is 8.50. The first kappa shape index (κ1) is 14.6. The van der Waals surface area contributed by atoms with Gasteiger partial charge in [-0.05, 0) is 36.4 Å². The van der Waals surface area contributed by atoms with E-state index in [0.717, 1.165) is 17.1 Å². The van der Waals surface area contributed by atoms with Crippen LogP contribution >= 0.6 is 0 Å². The van der Waals surface area contributed by atoms with Gasteiger partial charge in [0.15, 0.2) is 0 Å². The molecular formula is C16H17N3O2. The lowest BCUT2D eigenvalue weighted by atomic mass is 10.2. The van der Waals surface area contributed by atoms with Crippen LogP contribution in [0.4, 0.5) is 17.1 Å². The first-order valence-electron chi connectivity index (χ1n) is 6.60. The van der Waals surface area contributed by atoms with Gasteiger partial charge in [-0.1, -0.05) is 18.2 Å². The molecule has 0 fully saturated rings. The normalized spacial score (nSPS) is 9.76. The van der Waals surface area contributed by atoms with Crippen molar-refractivity contribution in [1.29, 1.82) is 0 Å². The molecule has 2 rings (SSSR count). The number of hydrogen-bond acceptors (Lipinski definition) is 3. The molecule has 5 heteroatoms. The number of carbonyl (C=O) groups is 2. The van der Waals surface area contributed by atoms with Crippen LogP contribution in [-0.4, -0.2) is 18.4 Å². The van der Waals surface area contributed by atoms with E-state index in [0.29, 0.717) is 0 Å². The molecule has 3 N–H and O–H groups in total. The molecule has 0 aliphatic carbocycles.